The van der Waals surface area contributed by atoms with Gasteiger partial charge in [0, 0.05) is 50.9 Å². The van der Waals surface area contributed by atoms with Gasteiger partial charge in [0.05, 0.1) is 0 Å². The summed E-state index contributed by atoms with van der Waals surface area (Å²) in [6.45, 7) is 4.20. The summed E-state index contributed by atoms with van der Waals surface area (Å²) in [5.74, 6) is -0.495. The van der Waals surface area contributed by atoms with E-state index in [0.29, 0.717) is 12.2 Å². The molecule has 162 valence electrons. The standard InChI is InChI=1S/C25H25F3N2O/c26-20-7-9-23(10-8-20)30-15-13-29(14-16-30)12-11-25(19-3-1-4-21(27)17-19)31-24-6-2-5-22(28)18-24/h1-10,17-18,25H,11-16H2. The molecule has 0 N–H and O–H groups in total. The van der Waals surface area contributed by atoms with Crippen LogP contribution in [0.1, 0.15) is 18.1 Å². The lowest BCUT2D eigenvalue weighted by Gasteiger charge is -2.36. The predicted octanol–water partition coefficient (Wildman–Crippen LogP) is 5.44. The number of rotatable bonds is 7. The molecule has 1 saturated heterocycles. The summed E-state index contributed by atoms with van der Waals surface area (Å²) in [6.07, 6.45) is 0.267. The minimum absolute atomic E-state index is 0.232. The maximum Gasteiger partial charge on any atom is 0.126 e. The Morgan fingerprint density at radius 3 is 2.10 bits per heavy atom. The Morgan fingerprint density at radius 1 is 0.742 bits per heavy atom. The van der Waals surface area contributed by atoms with Crippen molar-refractivity contribution >= 4 is 5.69 Å². The van der Waals surface area contributed by atoms with Crippen molar-refractivity contribution in [3.05, 3.63) is 95.8 Å². The van der Waals surface area contributed by atoms with E-state index in [-0.39, 0.29) is 23.6 Å². The molecule has 0 aliphatic carbocycles. The van der Waals surface area contributed by atoms with E-state index in [1.807, 2.05) is 6.07 Å². The number of halogens is 3. The molecule has 1 fully saturated rings. The second-order valence-corrected chi connectivity index (χ2v) is 7.71. The molecular formula is C25H25F3N2O. The molecule has 1 unspecified atom stereocenters. The topological polar surface area (TPSA) is 15.7 Å². The Balaban J connectivity index is 1.38. The van der Waals surface area contributed by atoms with Gasteiger partial charge in [0.2, 0.25) is 0 Å². The first-order valence-electron chi connectivity index (χ1n) is 10.5. The van der Waals surface area contributed by atoms with Gasteiger partial charge in [-0.2, -0.15) is 0 Å². The summed E-state index contributed by atoms with van der Waals surface area (Å²) in [5, 5.41) is 0. The number of piperazine rings is 1. The van der Waals surface area contributed by atoms with E-state index < -0.39 is 0 Å². The molecule has 3 aromatic rings. The molecule has 0 aromatic heterocycles. The van der Waals surface area contributed by atoms with Gasteiger partial charge in [-0.15, -0.1) is 0 Å². The Bertz CT molecular complexity index is 988. The van der Waals surface area contributed by atoms with Crippen LogP contribution in [0, 0.1) is 17.5 Å². The molecule has 3 aromatic carbocycles. The Kier molecular flexibility index (Phi) is 6.77. The van der Waals surface area contributed by atoms with E-state index in [0.717, 1.165) is 44.0 Å². The van der Waals surface area contributed by atoms with E-state index in [1.165, 1.54) is 36.4 Å². The molecule has 0 saturated carbocycles. The van der Waals surface area contributed by atoms with E-state index in [2.05, 4.69) is 9.80 Å². The molecule has 1 heterocycles. The molecule has 0 radical (unpaired) electrons. The molecule has 0 bridgehead atoms. The minimum atomic E-state index is -0.382. The van der Waals surface area contributed by atoms with Crippen molar-refractivity contribution in [2.45, 2.75) is 12.5 Å². The highest BCUT2D eigenvalue weighted by atomic mass is 19.1. The Morgan fingerprint density at radius 2 is 1.42 bits per heavy atom. The van der Waals surface area contributed by atoms with Gasteiger partial charge in [-0.3, -0.25) is 4.90 Å². The summed E-state index contributed by atoms with van der Waals surface area (Å²) in [5.41, 5.74) is 1.75. The van der Waals surface area contributed by atoms with Gasteiger partial charge in [-0.1, -0.05) is 18.2 Å². The van der Waals surface area contributed by atoms with Crippen LogP contribution in [0.2, 0.25) is 0 Å². The molecule has 1 atom stereocenters. The third-order valence-electron chi connectivity index (χ3n) is 5.57. The van der Waals surface area contributed by atoms with E-state index >= 15 is 0 Å². The maximum absolute atomic E-state index is 13.8. The molecule has 31 heavy (non-hydrogen) atoms. The van der Waals surface area contributed by atoms with Crippen molar-refractivity contribution in [1.29, 1.82) is 0 Å². The van der Waals surface area contributed by atoms with Gasteiger partial charge < -0.3 is 9.64 Å². The van der Waals surface area contributed by atoms with E-state index in [9.17, 15) is 13.2 Å². The zero-order chi connectivity index (χ0) is 21.6. The Labute approximate surface area is 180 Å². The van der Waals surface area contributed by atoms with Crippen molar-refractivity contribution in [2.75, 3.05) is 37.6 Å². The van der Waals surface area contributed by atoms with Crippen LogP contribution in [0.3, 0.4) is 0 Å². The smallest absolute Gasteiger partial charge is 0.126 e. The lowest BCUT2D eigenvalue weighted by molar-refractivity contribution is 0.159. The third-order valence-corrected chi connectivity index (χ3v) is 5.57. The lowest BCUT2D eigenvalue weighted by Crippen LogP contribution is -2.46. The first kappa shape index (κ1) is 21.2. The largest absolute Gasteiger partial charge is 0.486 e. The van der Waals surface area contributed by atoms with Crippen LogP contribution < -0.4 is 9.64 Å². The molecule has 1 aliphatic heterocycles. The number of hydrogen-bond acceptors (Lipinski definition) is 3. The zero-order valence-corrected chi connectivity index (χ0v) is 17.2. The zero-order valence-electron chi connectivity index (χ0n) is 17.2. The number of anilines is 1. The van der Waals surface area contributed by atoms with Crippen molar-refractivity contribution < 1.29 is 17.9 Å². The van der Waals surface area contributed by atoms with Crippen LogP contribution in [0.5, 0.6) is 5.75 Å². The fourth-order valence-corrected chi connectivity index (χ4v) is 3.89. The molecule has 4 rings (SSSR count). The monoisotopic (exact) mass is 426 g/mol. The lowest BCUT2D eigenvalue weighted by atomic mass is 10.1. The van der Waals surface area contributed by atoms with Crippen LogP contribution in [-0.4, -0.2) is 37.6 Å². The molecule has 0 spiro atoms. The first-order chi connectivity index (χ1) is 15.1. The summed E-state index contributed by atoms with van der Waals surface area (Å²) in [7, 11) is 0. The fourth-order valence-electron chi connectivity index (χ4n) is 3.89. The van der Waals surface area contributed by atoms with Crippen LogP contribution in [0.25, 0.3) is 0 Å². The second-order valence-electron chi connectivity index (χ2n) is 7.71. The summed E-state index contributed by atoms with van der Waals surface area (Å²) in [6, 6.07) is 18.9. The predicted molar refractivity (Wildman–Crippen MR) is 116 cm³/mol. The van der Waals surface area contributed by atoms with Crippen molar-refractivity contribution in [2.24, 2.45) is 0 Å². The summed E-state index contributed by atoms with van der Waals surface area (Å²) < 4.78 is 46.6. The average Bonchev–Trinajstić information content (AvgIpc) is 2.78. The number of benzene rings is 3. The number of hydrogen-bond donors (Lipinski definition) is 0. The van der Waals surface area contributed by atoms with Gasteiger partial charge in [-0.05, 0) is 54.1 Å². The fraction of sp³-hybridized carbons (Fsp3) is 0.280. The molecule has 3 nitrogen and oxygen atoms in total. The van der Waals surface area contributed by atoms with Gasteiger partial charge in [0.15, 0.2) is 0 Å². The molecular weight excluding hydrogens is 401 g/mol. The highest BCUT2D eigenvalue weighted by Crippen LogP contribution is 2.27. The van der Waals surface area contributed by atoms with Gasteiger partial charge in [0.25, 0.3) is 0 Å². The van der Waals surface area contributed by atoms with Crippen LogP contribution in [0.15, 0.2) is 72.8 Å². The summed E-state index contributed by atoms with van der Waals surface area (Å²) in [4.78, 5) is 4.57. The van der Waals surface area contributed by atoms with Crippen LogP contribution in [-0.2, 0) is 0 Å². The van der Waals surface area contributed by atoms with Crippen molar-refractivity contribution in [3.8, 4) is 5.75 Å². The second kappa shape index (κ2) is 9.88. The Hall–Kier alpha value is -2.99. The van der Waals surface area contributed by atoms with Crippen molar-refractivity contribution in [3.63, 3.8) is 0 Å². The quantitative estimate of drug-likeness (QED) is 0.501. The number of ether oxygens (including phenoxy) is 1. The normalized spacial score (nSPS) is 15.6. The highest BCUT2D eigenvalue weighted by molar-refractivity contribution is 5.46. The molecule has 0 amide bonds. The van der Waals surface area contributed by atoms with Crippen molar-refractivity contribution in [1.82, 2.24) is 4.90 Å². The van der Waals surface area contributed by atoms with Gasteiger partial charge in [-0.25, -0.2) is 13.2 Å². The molecule has 6 heteroatoms. The third kappa shape index (κ3) is 5.79. The maximum atomic E-state index is 13.8. The van der Waals surface area contributed by atoms with Crippen LogP contribution >= 0.6 is 0 Å². The average molecular weight is 426 g/mol. The van der Waals surface area contributed by atoms with Gasteiger partial charge >= 0.3 is 0 Å². The van der Waals surface area contributed by atoms with E-state index in [4.69, 9.17) is 4.74 Å². The minimum Gasteiger partial charge on any atom is -0.486 e. The first-order valence-corrected chi connectivity index (χ1v) is 10.5. The SMILES string of the molecule is Fc1ccc(N2CCN(CCC(Oc3cccc(F)c3)c3cccc(F)c3)CC2)cc1. The number of nitrogens with zero attached hydrogens (tertiary/aromatic N) is 2. The molecule has 1 aliphatic rings. The summed E-state index contributed by atoms with van der Waals surface area (Å²) >= 11 is 0. The van der Waals surface area contributed by atoms with E-state index in [1.54, 1.807) is 30.3 Å². The van der Waals surface area contributed by atoms with Crippen LogP contribution in [0.4, 0.5) is 18.9 Å². The highest BCUT2D eigenvalue weighted by Gasteiger charge is 2.20. The van der Waals surface area contributed by atoms with Gasteiger partial charge in [0.1, 0.15) is 29.3 Å².